The van der Waals surface area contributed by atoms with Gasteiger partial charge in [0.25, 0.3) is 0 Å². The van der Waals surface area contributed by atoms with E-state index in [2.05, 4.69) is 0 Å². The minimum absolute atomic E-state index is 0.000525. The van der Waals surface area contributed by atoms with E-state index < -0.39 is 0 Å². The number of anilines is 1. The van der Waals surface area contributed by atoms with Crippen molar-refractivity contribution in [3.8, 4) is 5.75 Å². The van der Waals surface area contributed by atoms with E-state index in [1.807, 2.05) is 12.1 Å². The zero-order chi connectivity index (χ0) is 13.8. The average molecular weight is 276 g/mol. The van der Waals surface area contributed by atoms with Gasteiger partial charge >= 0.3 is 0 Å². The fraction of sp³-hybridized carbons (Fsp3) is 0.133. The van der Waals surface area contributed by atoms with Crippen LogP contribution in [0.4, 0.5) is 5.69 Å². The summed E-state index contributed by atoms with van der Waals surface area (Å²) in [6.07, 6.45) is 0.301. The van der Waals surface area contributed by atoms with Gasteiger partial charge in [-0.2, -0.15) is 0 Å². The van der Waals surface area contributed by atoms with Crippen LogP contribution in [0.3, 0.4) is 0 Å². The Labute approximate surface area is 117 Å². The van der Waals surface area contributed by atoms with Crippen molar-refractivity contribution < 1.29 is 9.53 Å². The molecule has 2 aromatic carbocycles. The minimum Gasteiger partial charge on any atom is -0.495 e. The molecule has 98 valence electrons. The van der Waals surface area contributed by atoms with Crippen LogP contribution in [0.5, 0.6) is 5.75 Å². The molecule has 0 fully saturated rings. The van der Waals surface area contributed by atoms with E-state index in [0.717, 1.165) is 5.56 Å². The minimum atomic E-state index is 0.000525. The molecule has 19 heavy (non-hydrogen) atoms. The van der Waals surface area contributed by atoms with Crippen LogP contribution in [0.1, 0.15) is 15.9 Å². The predicted molar refractivity (Wildman–Crippen MR) is 76.9 cm³/mol. The molecule has 0 radical (unpaired) electrons. The number of benzene rings is 2. The molecule has 0 aliphatic heterocycles. The van der Waals surface area contributed by atoms with Gasteiger partial charge in [-0.3, -0.25) is 4.79 Å². The van der Waals surface area contributed by atoms with Gasteiger partial charge in [0.2, 0.25) is 0 Å². The largest absolute Gasteiger partial charge is 0.495 e. The van der Waals surface area contributed by atoms with Gasteiger partial charge in [0.05, 0.1) is 12.1 Å². The summed E-state index contributed by atoms with van der Waals surface area (Å²) in [5, 5.41) is 0.489. The highest BCUT2D eigenvalue weighted by Gasteiger charge is 2.10. The molecule has 2 rings (SSSR count). The summed E-state index contributed by atoms with van der Waals surface area (Å²) in [6.45, 7) is 0. The monoisotopic (exact) mass is 275 g/mol. The molecule has 0 heterocycles. The number of Topliss-reactive ketones (excluding diaryl/α,β-unsaturated/α-hetero) is 1. The van der Waals surface area contributed by atoms with E-state index >= 15 is 0 Å². The van der Waals surface area contributed by atoms with E-state index in [-0.39, 0.29) is 5.78 Å². The van der Waals surface area contributed by atoms with Gasteiger partial charge in [-0.15, -0.1) is 0 Å². The van der Waals surface area contributed by atoms with Crippen LogP contribution < -0.4 is 10.5 Å². The van der Waals surface area contributed by atoms with E-state index in [9.17, 15) is 4.79 Å². The van der Waals surface area contributed by atoms with Gasteiger partial charge in [-0.1, -0.05) is 23.7 Å². The lowest BCUT2D eigenvalue weighted by Crippen LogP contribution is -2.04. The van der Waals surface area contributed by atoms with Gasteiger partial charge in [0.1, 0.15) is 5.75 Å². The maximum atomic E-state index is 12.2. The van der Waals surface area contributed by atoms with Crippen LogP contribution in [0, 0.1) is 0 Å². The molecular formula is C15H14ClNO2. The predicted octanol–water partition coefficient (Wildman–Crippen LogP) is 3.36. The molecule has 0 saturated heterocycles. The molecule has 0 aliphatic rings. The smallest absolute Gasteiger partial charge is 0.167 e. The Morgan fingerprint density at radius 1 is 1.26 bits per heavy atom. The molecule has 0 amide bonds. The normalized spacial score (nSPS) is 10.2. The molecule has 3 nitrogen and oxygen atoms in total. The molecular weight excluding hydrogens is 262 g/mol. The SMILES string of the molecule is COc1cc(C(=O)Cc2cccc(N)c2)ccc1Cl. The second-order valence-corrected chi connectivity index (χ2v) is 4.60. The molecule has 2 aromatic rings. The number of rotatable bonds is 4. The van der Waals surface area contributed by atoms with E-state index in [1.54, 1.807) is 30.3 Å². The summed E-state index contributed by atoms with van der Waals surface area (Å²) in [7, 11) is 1.52. The van der Waals surface area contributed by atoms with Crippen LogP contribution in [0.2, 0.25) is 5.02 Å². The van der Waals surface area contributed by atoms with Crippen LogP contribution in [-0.4, -0.2) is 12.9 Å². The van der Waals surface area contributed by atoms with Crippen molar-refractivity contribution in [2.24, 2.45) is 0 Å². The number of hydrogen-bond donors (Lipinski definition) is 1. The van der Waals surface area contributed by atoms with Crippen molar-refractivity contribution in [3.05, 3.63) is 58.6 Å². The first kappa shape index (κ1) is 13.4. The van der Waals surface area contributed by atoms with Gasteiger partial charge in [0, 0.05) is 17.7 Å². The summed E-state index contributed by atoms with van der Waals surface area (Å²) in [5.41, 5.74) is 7.80. The Morgan fingerprint density at radius 3 is 2.74 bits per heavy atom. The average Bonchev–Trinajstić information content (AvgIpc) is 2.39. The lowest BCUT2D eigenvalue weighted by molar-refractivity contribution is 0.0992. The topological polar surface area (TPSA) is 52.3 Å². The Morgan fingerprint density at radius 2 is 2.05 bits per heavy atom. The van der Waals surface area contributed by atoms with E-state index in [1.165, 1.54) is 7.11 Å². The molecule has 0 aliphatic carbocycles. The third-order valence-electron chi connectivity index (χ3n) is 2.79. The van der Waals surface area contributed by atoms with Gasteiger partial charge in [-0.05, 0) is 35.9 Å². The van der Waals surface area contributed by atoms with Crippen molar-refractivity contribution in [1.82, 2.24) is 0 Å². The number of hydrogen-bond acceptors (Lipinski definition) is 3. The molecule has 0 unspecified atom stereocenters. The highest BCUT2D eigenvalue weighted by atomic mass is 35.5. The second-order valence-electron chi connectivity index (χ2n) is 4.19. The van der Waals surface area contributed by atoms with Crippen molar-refractivity contribution in [2.45, 2.75) is 6.42 Å². The second kappa shape index (κ2) is 5.76. The third-order valence-corrected chi connectivity index (χ3v) is 3.10. The molecule has 2 N–H and O–H groups in total. The van der Waals surface area contributed by atoms with Crippen molar-refractivity contribution in [1.29, 1.82) is 0 Å². The van der Waals surface area contributed by atoms with E-state index in [0.29, 0.717) is 28.4 Å². The molecule has 4 heteroatoms. The lowest BCUT2D eigenvalue weighted by Gasteiger charge is -2.06. The van der Waals surface area contributed by atoms with Crippen LogP contribution >= 0.6 is 11.6 Å². The quantitative estimate of drug-likeness (QED) is 0.688. The number of ketones is 1. The zero-order valence-corrected chi connectivity index (χ0v) is 11.3. The maximum Gasteiger partial charge on any atom is 0.167 e. The van der Waals surface area contributed by atoms with Gasteiger partial charge in [0.15, 0.2) is 5.78 Å². The third kappa shape index (κ3) is 3.26. The number of carbonyl (C=O) groups excluding carboxylic acids is 1. The molecule has 0 saturated carbocycles. The van der Waals surface area contributed by atoms with Gasteiger partial charge < -0.3 is 10.5 Å². The highest BCUT2D eigenvalue weighted by Crippen LogP contribution is 2.25. The summed E-state index contributed by atoms with van der Waals surface area (Å²) < 4.78 is 5.10. The number of nitrogens with two attached hydrogens (primary N) is 1. The number of methoxy groups -OCH3 is 1. The first-order valence-electron chi connectivity index (χ1n) is 5.81. The summed E-state index contributed by atoms with van der Waals surface area (Å²) in [4.78, 5) is 12.2. The standard InChI is InChI=1S/C15H14ClNO2/c1-19-15-9-11(5-6-13(15)16)14(18)8-10-3-2-4-12(17)7-10/h2-7,9H,8,17H2,1H3. The summed E-state index contributed by atoms with van der Waals surface area (Å²) >= 11 is 5.93. The maximum absolute atomic E-state index is 12.2. The molecule has 0 aromatic heterocycles. The fourth-order valence-corrected chi connectivity index (χ4v) is 2.02. The molecule has 0 bridgehead atoms. The van der Waals surface area contributed by atoms with Crippen LogP contribution in [0.25, 0.3) is 0 Å². The van der Waals surface area contributed by atoms with Gasteiger partial charge in [-0.25, -0.2) is 0 Å². The number of carbonyl (C=O) groups is 1. The Bertz CT molecular complexity index is 611. The van der Waals surface area contributed by atoms with Crippen molar-refractivity contribution >= 4 is 23.1 Å². The first-order valence-corrected chi connectivity index (χ1v) is 6.19. The van der Waals surface area contributed by atoms with E-state index in [4.69, 9.17) is 22.1 Å². The fourth-order valence-electron chi connectivity index (χ4n) is 1.82. The van der Waals surface area contributed by atoms with Crippen molar-refractivity contribution in [3.63, 3.8) is 0 Å². The first-order chi connectivity index (χ1) is 9.10. The number of ether oxygens (including phenoxy) is 1. The lowest BCUT2D eigenvalue weighted by atomic mass is 10.0. The Kier molecular flexibility index (Phi) is 4.07. The number of nitrogen functional groups attached to an aromatic ring is 1. The number of halogens is 1. The van der Waals surface area contributed by atoms with Crippen molar-refractivity contribution in [2.75, 3.05) is 12.8 Å². The Hall–Kier alpha value is -2.00. The van der Waals surface area contributed by atoms with Crippen LogP contribution in [-0.2, 0) is 6.42 Å². The van der Waals surface area contributed by atoms with Crippen LogP contribution in [0.15, 0.2) is 42.5 Å². The summed E-state index contributed by atoms with van der Waals surface area (Å²) in [5.74, 6) is 0.501. The zero-order valence-electron chi connectivity index (χ0n) is 10.5. The molecule has 0 spiro atoms. The summed E-state index contributed by atoms with van der Waals surface area (Å²) in [6, 6.07) is 12.3. The molecule has 0 atom stereocenters. The highest BCUT2D eigenvalue weighted by molar-refractivity contribution is 6.32. The Balaban J connectivity index is 2.20.